The summed E-state index contributed by atoms with van der Waals surface area (Å²) in [5.74, 6) is 0.906. The van der Waals surface area contributed by atoms with E-state index in [2.05, 4.69) is 6.92 Å². The van der Waals surface area contributed by atoms with Gasteiger partial charge in [-0.1, -0.05) is 25.1 Å². The fraction of sp³-hybridized carbons (Fsp3) is 0.238. The number of nitrogens with zero attached hydrogens (tertiary/aromatic N) is 1. The van der Waals surface area contributed by atoms with Gasteiger partial charge in [-0.25, -0.2) is 4.90 Å². The number of carbonyl (C=O) groups excluding carboxylic acids is 2. The van der Waals surface area contributed by atoms with E-state index in [1.165, 1.54) is 4.90 Å². The monoisotopic (exact) mass is 383 g/mol. The molecule has 0 aliphatic carbocycles. The molecule has 0 radical (unpaired) electrons. The molecule has 0 bridgehead atoms. The van der Waals surface area contributed by atoms with Crippen molar-refractivity contribution in [3.05, 3.63) is 58.5 Å². The second kappa shape index (κ2) is 8.31. The number of aryl methyl sites for hydroxylation is 1. The number of amides is 2. The average Bonchev–Trinajstić information content (AvgIpc) is 2.96. The number of ether oxygens (including phenoxy) is 2. The highest BCUT2D eigenvalue weighted by Gasteiger charge is 2.36. The summed E-state index contributed by atoms with van der Waals surface area (Å²) >= 11 is 0.936. The third-order valence-electron chi connectivity index (χ3n) is 4.18. The van der Waals surface area contributed by atoms with E-state index in [4.69, 9.17) is 9.47 Å². The van der Waals surface area contributed by atoms with Crippen molar-refractivity contribution in [1.82, 2.24) is 0 Å². The zero-order valence-corrected chi connectivity index (χ0v) is 16.3. The smallest absolute Gasteiger partial charge is 0.298 e. The lowest BCUT2D eigenvalue weighted by Gasteiger charge is -2.12. The first-order valence-electron chi connectivity index (χ1n) is 8.75. The van der Waals surface area contributed by atoms with Crippen LogP contribution in [0.4, 0.5) is 10.5 Å². The van der Waals surface area contributed by atoms with Crippen molar-refractivity contribution in [2.45, 2.75) is 20.3 Å². The number of hydrogen-bond acceptors (Lipinski definition) is 5. The van der Waals surface area contributed by atoms with E-state index in [0.717, 1.165) is 29.3 Å². The number of hydrogen-bond donors (Lipinski definition) is 0. The van der Waals surface area contributed by atoms with Gasteiger partial charge in [0.15, 0.2) is 11.5 Å². The van der Waals surface area contributed by atoms with E-state index in [-0.39, 0.29) is 11.1 Å². The molecule has 0 atom stereocenters. The Bertz CT molecular complexity index is 890. The lowest BCUT2D eigenvalue weighted by Crippen LogP contribution is -2.27. The van der Waals surface area contributed by atoms with Crippen LogP contribution in [0.1, 0.15) is 25.0 Å². The molecule has 3 rings (SSSR count). The van der Waals surface area contributed by atoms with Gasteiger partial charge in [-0.05, 0) is 66.6 Å². The second-order valence-corrected chi connectivity index (χ2v) is 6.87. The number of imide groups is 1. The molecule has 0 spiro atoms. The molecule has 1 aliphatic rings. The zero-order valence-electron chi connectivity index (χ0n) is 15.5. The summed E-state index contributed by atoms with van der Waals surface area (Å²) in [6, 6.07) is 12.9. The van der Waals surface area contributed by atoms with E-state index >= 15 is 0 Å². The van der Waals surface area contributed by atoms with Crippen molar-refractivity contribution in [2.75, 3.05) is 18.6 Å². The van der Waals surface area contributed by atoms with Gasteiger partial charge in [0.1, 0.15) is 0 Å². The van der Waals surface area contributed by atoms with Crippen LogP contribution in [-0.2, 0) is 11.2 Å². The molecule has 27 heavy (non-hydrogen) atoms. The SMILES string of the molecule is CCOc1ccc(/C=C2\SC(=O)N(c3ccc(CC)cc3)C2=O)cc1OC. The molecule has 0 N–H and O–H groups in total. The van der Waals surface area contributed by atoms with Crippen LogP contribution in [0.5, 0.6) is 11.5 Å². The van der Waals surface area contributed by atoms with E-state index in [0.29, 0.717) is 28.7 Å². The highest BCUT2D eigenvalue weighted by Crippen LogP contribution is 2.37. The van der Waals surface area contributed by atoms with E-state index in [1.807, 2.05) is 25.1 Å². The minimum atomic E-state index is -0.317. The van der Waals surface area contributed by atoms with Crippen LogP contribution in [0.15, 0.2) is 47.4 Å². The summed E-state index contributed by atoms with van der Waals surface area (Å²) in [5.41, 5.74) is 2.51. The van der Waals surface area contributed by atoms with Crippen molar-refractivity contribution < 1.29 is 19.1 Å². The summed E-state index contributed by atoms with van der Waals surface area (Å²) < 4.78 is 10.8. The van der Waals surface area contributed by atoms with Crippen LogP contribution in [0.3, 0.4) is 0 Å². The maximum Gasteiger partial charge on any atom is 0.298 e. The van der Waals surface area contributed by atoms with Gasteiger partial charge < -0.3 is 9.47 Å². The molecule has 2 aromatic carbocycles. The molecule has 1 saturated heterocycles. The molecule has 0 aromatic heterocycles. The molecule has 0 saturated carbocycles. The van der Waals surface area contributed by atoms with Crippen LogP contribution in [-0.4, -0.2) is 24.9 Å². The number of carbonyl (C=O) groups is 2. The first kappa shape index (κ1) is 19.0. The molecular weight excluding hydrogens is 362 g/mol. The Morgan fingerprint density at radius 1 is 1.04 bits per heavy atom. The Kier molecular flexibility index (Phi) is 5.86. The number of methoxy groups -OCH3 is 1. The van der Waals surface area contributed by atoms with Gasteiger partial charge in [-0.2, -0.15) is 0 Å². The molecular formula is C21H21NO4S. The molecule has 1 aliphatic heterocycles. The van der Waals surface area contributed by atoms with Crippen LogP contribution in [0.25, 0.3) is 6.08 Å². The number of benzene rings is 2. The summed E-state index contributed by atoms with van der Waals surface area (Å²) in [7, 11) is 1.56. The lowest BCUT2D eigenvalue weighted by molar-refractivity contribution is -0.113. The summed E-state index contributed by atoms with van der Waals surface area (Å²) in [6.07, 6.45) is 2.60. The predicted molar refractivity (Wildman–Crippen MR) is 108 cm³/mol. The Morgan fingerprint density at radius 2 is 1.78 bits per heavy atom. The first-order chi connectivity index (χ1) is 13.1. The number of thioether (sulfide) groups is 1. The highest BCUT2D eigenvalue weighted by molar-refractivity contribution is 8.19. The minimum Gasteiger partial charge on any atom is -0.493 e. The number of anilines is 1. The van der Waals surface area contributed by atoms with Crippen LogP contribution >= 0.6 is 11.8 Å². The molecule has 0 unspecified atom stereocenters. The van der Waals surface area contributed by atoms with Crippen molar-refractivity contribution in [3.8, 4) is 11.5 Å². The first-order valence-corrected chi connectivity index (χ1v) is 9.56. The summed E-state index contributed by atoms with van der Waals surface area (Å²) in [6.45, 7) is 4.49. The Hall–Kier alpha value is -2.73. The maximum atomic E-state index is 12.8. The van der Waals surface area contributed by atoms with Gasteiger partial charge in [-0.15, -0.1) is 0 Å². The van der Waals surface area contributed by atoms with Gasteiger partial charge in [0, 0.05) is 0 Å². The minimum absolute atomic E-state index is 0.298. The molecule has 1 fully saturated rings. The van der Waals surface area contributed by atoms with Gasteiger partial charge in [-0.3, -0.25) is 9.59 Å². The van der Waals surface area contributed by atoms with Crippen molar-refractivity contribution in [1.29, 1.82) is 0 Å². The van der Waals surface area contributed by atoms with Crippen LogP contribution in [0.2, 0.25) is 0 Å². The molecule has 140 valence electrons. The largest absolute Gasteiger partial charge is 0.493 e. The van der Waals surface area contributed by atoms with Crippen molar-refractivity contribution in [2.24, 2.45) is 0 Å². The number of rotatable bonds is 6. The average molecular weight is 383 g/mol. The fourth-order valence-corrected chi connectivity index (χ4v) is 3.61. The lowest BCUT2D eigenvalue weighted by atomic mass is 10.1. The summed E-state index contributed by atoms with van der Waals surface area (Å²) in [4.78, 5) is 26.7. The van der Waals surface area contributed by atoms with E-state index in [9.17, 15) is 9.59 Å². The third-order valence-corrected chi connectivity index (χ3v) is 5.05. The zero-order chi connectivity index (χ0) is 19.4. The van der Waals surface area contributed by atoms with E-state index < -0.39 is 0 Å². The van der Waals surface area contributed by atoms with Gasteiger partial charge in [0.25, 0.3) is 11.1 Å². The normalized spacial score (nSPS) is 15.5. The van der Waals surface area contributed by atoms with Crippen molar-refractivity contribution in [3.63, 3.8) is 0 Å². The Balaban J connectivity index is 1.87. The molecule has 5 nitrogen and oxygen atoms in total. The van der Waals surface area contributed by atoms with E-state index in [1.54, 1.807) is 37.5 Å². The highest BCUT2D eigenvalue weighted by atomic mass is 32.2. The molecule has 6 heteroatoms. The second-order valence-electron chi connectivity index (χ2n) is 5.88. The third kappa shape index (κ3) is 4.01. The van der Waals surface area contributed by atoms with Gasteiger partial charge >= 0.3 is 0 Å². The fourth-order valence-electron chi connectivity index (χ4n) is 2.77. The maximum absolute atomic E-state index is 12.8. The predicted octanol–water partition coefficient (Wildman–Crippen LogP) is 4.90. The summed E-state index contributed by atoms with van der Waals surface area (Å²) in [5, 5.41) is -0.298. The van der Waals surface area contributed by atoms with Gasteiger partial charge in [0.05, 0.1) is 24.3 Å². The topological polar surface area (TPSA) is 55.8 Å². The molecule has 2 aromatic rings. The van der Waals surface area contributed by atoms with Crippen LogP contribution in [0, 0.1) is 0 Å². The van der Waals surface area contributed by atoms with Gasteiger partial charge in [0.2, 0.25) is 0 Å². The quantitative estimate of drug-likeness (QED) is 0.664. The van der Waals surface area contributed by atoms with Crippen LogP contribution < -0.4 is 14.4 Å². The standard InChI is InChI=1S/C21H21NO4S/c1-4-14-6-9-16(10-7-14)22-20(23)19(27-21(22)24)13-15-8-11-17(26-5-2)18(12-15)25-3/h6-13H,4-5H2,1-3H3/b19-13-. The molecule has 2 amide bonds. The molecule has 1 heterocycles. The van der Waals surface area contributed by atoms with Crippen molar-refractivity contribution >= 4 is 34.7 Å². The Labute approximate surface area is 163 Å². The Morgan fingerprint density at radius 3 is 2.41 bits per heavy atom.